The summed E-state index contributed by atoms with van der Waals surface area (Å²) in [4.78, 5) is 24.1. The number of aliphatic carboxylic acids is 1. The number of aromatic nitrogens is 1. The van der Waals surface area contributed by atoms with E-state index in [0.717, 1.165) is 29.3 Å². The number of ether oxygens (including phenoxy) is 1. The van der Waals surface area contributed by atoms with Gasteiger partial charge in [0.05, 0.1) is 11.4 Å². The van der Waals surface area contributed by atoms with Crippen molar-refractivity contribution in [3.8, 4) is 0 Å². The summed E-state index contributed by atoms with van der Waals surface area (Å²) in [6, 6.07) is 5.81. The fourth-order valence-electron chi connectivity index (χ4n) is 3.00. The highest BCUT2D eigenvalue weighted by Crippen LogP contribution is 2.45. The number of fused-ring (bicyclic) bond motifs is 1. The van der Waals surface area contributed by atoms with E-state index in [2.05, 4.69) is 0 Å². The minimum absolute atomic E-state index is 0.461. The largest absolute Gasteiger partial charge is 0.481 e. The van der Waals surface area contributed by atoms with Gasteiger partial charge >= 0.3 is 12.1 Å². The number of benzene rings is 1. The number of hydrogen-bond donors (Lipinski definition) is 1. The van der Waals surface area contributed by atoms with Crippen LogP contribution >= 0.6 is 0 Å². The van der Waals surface area contributed by atoms with E-state index in [4.69, 9.17) is 4.74 Å². The van der Waals surface area contributed by atoms with E-state index in [0.29, 0.717) is 11.5 Å². The number of nitrogens with zero attached hydrogens (tertiary/aromatic N) is 1. The van der Waals surface area contributed by atoms with Gasteiger partial charge in [0, 0.05) is 11.6 Å². The van der Waals surface area contributed by atoms with E-state index in [9.17, 15) is 14.7 Å². The topological polar surface area (TPSA) is 68.5 Å². The van der Waals surface area contributed by atoms with Crippen molar-refractivity contribution in [2.24, 2.45) is 0 Å². The third kappa shape index (κ3) is 3.03. The summed E-state index contributed by atoms with van der Waals surface area (Å²) in [5, 5.41) is 10.3. The van der Waals surface area contributed by atoms with Gasteiger partial charge in [-0.1, -0.05) is 12.1 Å². The third-order valence-corrected chi connectivity index (χ3v) is 4.34. The summed E-state index contributed by atoms with van der Waals surface area (Å²) in [6.07, 6.45) is 3.36. The van der Waals surface area contributed by atoms with Gasteiger partial charge in [-0.3, -0.25) is 9.36 Å². The molecule has 0 bridgehead atoms. The second-order valence-electron chi connectivity index (χ2n) is 7.51. The molecule has 0 spiro atoms. The number of carboxylic acids is 1. The molecular formula is C19H23NO4. The van der Waals surface area contributed by atoms with E-state index in [1.54, 1.807) is 13.1 Å². The molecule has 0 amide bonds. The Morgan fingerprint density at radius 3 is 2.50 bits per heavy atom. The maximum Gasteiger partial charge on any atom is 0.419 e. The SMILES string of the molecule is CC(C(=O)O)c1cn(C(=O)OC(C)(C)C)c2cccc(C3CC3)c12. The normalized spacial score (nSPS) is 16.2. The Morgan fingerprint density at radius 2 is 1.96 bits per heavy atom. The molecule has 128 valence electrons. The van der Waals surface area contributed by atoms with Crippen LogP contribution in [0.25, 0.3) is 10.9 Å². The summed E-state index contributed by atoms with van der Waals surface area (Å²) in [7, 11) is 0. The lowest BCUT2D eigenvalue weighted by molar-refractivity contribution is -0.138. The first kappa shape index (κ1) is 16.6. The molecule has 1 aromatic carbocycles. The first-order valence-electron chi connectivity index (χ1n) is 8.29. The maximum absolute atomic E-state index is 12.6. The van der Waals surface area contributed by atoms with Gasteiger partial charge in [0.15, 0.2) is 0 Å². The summed E-state index contributed by atoms with van der Waals surface area (Å²) in [5.41, 5.74) is 1.92. The number of carboxylic acid groups (broad SMARTS) is 1. The van der Waals surface area contributed by atoms with Crippen molar-refractivity contribution in [1.29, 1.82) is 0 Å². The second kappa shape index (κ2) is 5.65. The molecule has 1 atom stereocenters. The van der Waals surface area contributed by atoms with Gasteiger partial charge < -0.3 is 9.84 Å². The quantitative estimate of drug-likeness (QED) is 0.901. The van der Waals surface area contributed by atoms with E-state index in [1.165, 1.54) is 4.57 Å². The molecule has 1 aromatic heterocycles. The Bertz CT molecular complexity index is 809. The van der Waals surface area contributed by atoms with Gasteiger partial charge in [-0.2, -0.15) is 0 Å². The molecule has 1 fully saturated rings. The predicted molar refractivity (Wildman–Crippen MR) is 91.6 cm³/mol. The summed E-state index contributed by atoms with van der Waals surface area (Å²) >= 11 is 0. The van der Waals surface area contributed by atoms with Crippen molar-refractivity contribution >= 4 is 23.0 Å². The Balaban J connectivity index is 2.19. The highest BCUT2D eigenvalue weighted by atomic mass is 16.6. The van der Waals surface area contributed by atoms with E-state index < -0.39 is 23.6 Å². The fraction of sp³-hybridized carbons (Fsp3) is 0.474. The molecule has 1 N–H and O–H groups in total. The van der Waals surface area contributed by atoms with Crippen LogP contribution in [0.15, 0.2) is 24.4 Å². The Labute approximate surface area is 141 Å². The monoisotopic (exact) mass is 329 g/mol. The molecule has 24 heavy (non-hydrogen) atoms. The van der Waals surface area contributed by atoms with Crippen LogP contribution in [0.5, 0.6) is 0 Å². The summed E-state index contributed by atoms with van der Waals surface area (Å²) < 4.78 is 6.92. The minimum Gasteiger partial charge on any atom is -0.481 e. The molecule has 1 aliphatic rings. The first-order chi connectivity index (χ1) is 11.2. The van der Waals surface area contributed by atoms with Crippen LogP contribution in [-0.4, -0.2) is 27.3 Å². The molecule has 5 nitrogen and oxygen atoms in total. The van der Waals surface area contributed by atoms with Gasteiger partial charge in [-0.25, -0.2) is 4.79 Å². The Kier molecular flexibility index (Phi) is 3.90. The predicted octanol–water partition coefficient (Wildman–Crippen LogP) is 4.49. The standard InChI is InChI=1S/C19H23NO4/c1-11(17(21)22)14-10-20(18(23)24-19(2,3)4)15-7-5-6-13(16(14)15)12-8-9-12/h5-7,10-12H,8-9H2,1-4H3,(H,21,22). The maximum atomic E-state index is 12.6. The average Bonchev–Trinajstić information content (AvgIpc) is 3.24. The van der Waals surface area contributed by atoms with Crippen LogP contribution in [0.3, 0.4) is 0 Å². The van der Waals surface area contributed by atoms with Crippen molar-refractivity contribution in [3.05, 3.63) is 35.5 Å². The summed E-state index contributed by atoms with van der Waals surface area (Å²) in [6.45, 7) is 7.09. The van der Waals surface area contributed by atoms with E-state index >= 15 is 0 Å². The lowest BCUT2D eigenvalue weighted by atomic mass is 9.95. The van der Waals surface area contributed by atoms with Crippen LogP contribution in [0.1, 0.15) is 63.5 Å². The van der Waals surface area contributed by atoms with Crippen LogP contribution in [0.2, 0.25) is 0 Å². The van der Waals surface area contributed by atoms with E-state index in [-0.39, 0.29) is 0 Å². The third-order valence-electron chi connectivity index (χ3n) is 4.34. The van der Waals surface area contributed by atoms with E-state index in [1.807, 2.05) is 39.0 Å². The highest BCUT2D eigenvalue weighted by molar-refractivity contribution is 5.97. The molecule has 0 aliphatic heterocycles. The summed E-state index contributed by atoms with van der Waals surface area (Å²) in [5.74, 6) is -1.12. The van der Waals surface area contributed by atoms with Gasteiger partial charge in [0.2, 0.25) is 0 Å². The number of carbonyl (C=O) groups excluding carboxylic acids is 1. The molecule has 1 unspecified atom stereocenters. The van der Waals surface area contributed by atoms with Crippen LogP contribution in [-0.2, 0) is 9.53 Å². The zero-order valence-corrected chi connectivity index (χ0v) is 14.5. The molecule has 0 radical (unpaired) electrons. The van der Waals surface area contributed by atoms with Crippen LogP contribution in [0.4, 0.5) is 4.79 Å². The minimum atomic E-state index is -0.899. The van der Waals surface area contributed by atoms with Crippen molar-refractivity contribution in [1.82, 2.24) is 4.57 Å². The number of rotatable bonds is 3. The number of hydrogen-bond acceptors (Lipinski definition) is 3. The zero-order chi connectivity index (χ0) is 17.6. The lowest BCUT2D eigenvalue weighted by Crippen LogP contribution is -2.26. The van der Waals surface area contributed by atoms with Crippen molar-refractivity contribution < 1.29 is 19.4 Å². The smallest absolute Gasteiger partial charge is 0.419 e. The molecule has 0 saturated heterocycles. The van der Waals surface area contributed by atoms with Gasteiger partial charge in [0.1, 0.15) is 5.60 Å². The molecule has 3 rings (SSSR count). The fourth-order valence-corrected chi connectivity index (χ4v) is 3.00. The molecule has 1 aliphatic carbocycles. The Morgan fingerprint density at radius 1 is 1.29 bits per heavy atom. The molecule has 1 saturated carbocycles. The van der Waals surface area contributed by atoms with Crippen molar-refractivity contribution in [2.45, 2.75) is 58.0 Å². The van der Waals surface area contributed by atoms with Crippen LogP contribution in [0, 0.1) is 0 Å². The molecule has 2 aromatic rings. The zero-order valence-electron chi connectivity index (χ0n) is 14.5. The molecular weight excluding hydrogens is 306 g/mol. The van der Waals surface area contributed by atoms with Crippen molar-refractivity contribution in [2.75, 3.05) is 0 Å². The second-order valence-corrected chi connectivity index (χ2v) is 7.51. The molecule has 1 heterocycles. The van der Waals surface area contributed by atoms with Crippen molar-refractivity contribution in [3.63, 3.8) is 0 Å². The lowest BCUT2D eigenvalue weighted by Gasteiger charge is -2.19. The average molecular weight is 329 g/mol. The first-order valence-corrected chi connectivity index (χ1v) is 8.29. The number of carbonyl (C=O) groups is 2. The van der Waals surface area contributed by atoms with Crippen LogP contribution < -0.4 is 0 Å². The highest BCUT2D eigenvalue weighted by Gasteiger charge is 2.31. The van der Waals surface area contributed by atoms with Gasteiger partial charge in [-0.05, 0) is 63.6 Å². The van der Waals surface area contributed by atoms with Gasteiger partial charge in [0.25, 0.3) is 0 Å². The molecule has 5 heteroatoms. The van der Waals surface area contributed by atoms with Gasteiger partial charge in [-0.15, -0.1) is 0 Å². The Hall–Kier alpha value is -2.30.